The van der Waals surface area contributed by atoms with E-state index in [9.17, 15) is 22.4 Å². The molecule has 1 amide bonds. The Kier molecular flexibility index (Phi) is 4.30. The van der Waals surface area contributed by atoms with Crippen molar-refractivity contribution in [3.05, 3.63) is 71.0 Å². The van der Waals surface area contributed by atoms with Crippen molar-refractivity contribution in [1.29, 1.82) is 0 Å². The third-order valence-electron chi connectivity index (χ3n) is 4.21. The number of rotatable bonds is 2. The average Bonchev–Trinajstić information content (AvgIpc) is 3.04. The number of alkyl halides is 3. The molecule has 3 rings (SSSR count). The van der Waals surface area contributed by atoms with E-state index < -0.39 is 17.6 Å². The fraction of sp³-hybridized carbons (Fsp3) is 0.278. The molecular weight excluding hydrogens is 322 g/mol. The summed E-state index contributed by atoms with van der Waals surface area (Å²) in [7, 11) is 0. The molecular formula is C18H15F4NO. The SMILES string of the molecule is O=C(c1cccc(C(F)(F)F)c1)N1CCCC1c1ccc(F)cc1. The summed E-state index contributed by atoms with van der Waals surface area (Å²) in [6, 6.07) is 10.1. The predicted molar refractivity (Wildman–Crippen MR) is 80.9 cm³/mol. The molecule has 1 heterocycles. The Morgan fingerprint density at radius 2 is 1.79 bits per heavy atom. The molecule has 24 heavy (non-hydrogen) atoms. The minimum atomic E-state index is -4.49. The summed E-state index contributed by atoms with van der Waals surface area (Å²) in [6.45, 7) is 0.469. The molecule has 6 heteroatoms. The lowest BCUT2D eigenvalue weighted by atomic mass is 10.0. The van der Waals surface area contributed by atoms with Crippen LogP contribution in [0.1, 0.15) is 40.4 Å². The number of carbonyl (C=O) groups is 1. The van der Waals surface area contributed by atoms with Crippen LogP contribution in [0.3, 0.4) is 0 Å². The van der Waals surface area contributed by atoms with Crippen LogP contribution in [0, 0.1) is 5.82 Å². The van der Waals surface area contributed by atoms with Crippen LogP contribution in [0.25, 0.3) is 0 Å². The second-order valence-electron chi connectivity index (χ2n) is 5.79. The molecule has 0 bridgehead atoms. The van der Waals surface area contributed by atoms with Gasteiger partial charge in [-0.1, -0.05) is 18.2 Å². The first-order chi connectivity index (χ1) is 11.4. The Balaban J connectivity index is 1.87. The Hall–Kier alpha value is -2.37. The maximum absolute atomic E-state index is 13.1. The Morgan fingerprint density at radius 3 is 2.46 bits per heavy atom. The average molecular weight is 337 g/mol. The summed E-state index contributed by atoms with van der Waals surface area (Å²) in [4.78, 5) is 14.2. The van der Waals surface area contributed by atoms with Crippen LogP contribution in [-0.2, 0) is 6.18 Å². The molecule has 2 aromatic rings. The summed E-state index contributed by atoms with van der Waals surface area (Å²) in [5.74, 6) is -0.805. The van der Waals surface area contributed by atoms with Crippen molar-refractivity contribution >= 4 is 5.91 Å². The first-order valence-corrected chi connectivity index (χ1v) is 7.60. The number of benzene rings is 2. The molecule has 0 aliphatic carbocycles. The molecule has 0 aromatic heterocycles. The highest BCUT2D eigenvalue weighted by atomic mass is 19.4. The van der Waals surface area contributed by atoms with Gasteiger partial charge in [0.2, 0.25) is 0 Å². The number of halogens is 4. The van der Waals surface area contributed by atoms with Crippen LogP contribution < -0.4 is 0 Å². The maximum Gasteiger partial charge on any atom is 0.416 e. The van der Waals surface area contributed by atoms with Crippen molar-refractivity contribution in [2.45, 2.75) is 25.1 Å². The fourth-order valence-corrected chi connectivity index (χ4v) is 3.04. The predicted octanol–water partition coefficient (Wildman–Crippen LogP) is 4.82. The van der Waals surface area contributed by atoms with E-state index in [1.165, 1.54) is 24.3 Å². The summed E-state index contributed by atoms with van der Waals surface area (Å²) in [5, 5.41) is 0. The van der Waals surface area contributed by atoms with Crippen molar-refractivity contribution in [1.82, 2.24) is 4.90 Å². The van der Waals surface area contributed by atoms with Gasteiger partial charge in [-0.05, 0) is 48.7 Å². The van der Waals surface area contributed by atoms with Gasteiger partial charge >= 0.3 is 6.18 Å². The van der Waals surface area contributed by atoms with Gasteiger partial charge in [-0.25, -0.2) is 4.39 Å². The van der Waals surface area contributed by atoms with Gasteiger partial charge in [-0.3, -0.25) is 4.79 Å². The molecule has 1 saturated heterocycles. The van der Waals surface area contributed by atoms with E-state index in [1.54, 1.807) is 17.0 Å². The normalized spacial score (nSPS) is 18.0. The van der Waals surface area contributed by atoms with Crippen LogP contribution in [0.4, 0.5) is 17.6 Å². The first kappa shape index (κ1) is 16.5. The number of hydrogen-bond acceptors (Lipinski definition) is 1. The van der Waals surface area contributed by atoms with Crippen molar-refractivity contribution < 1.29 is 22.4 Å². The molecule has 2 aromatic carbocycles. The third kappa shape index (κ3) is 3.27. The summed E-state index contributed by atoms with van der Waals surface area (Å²) in [5.41, 5.74) is -0.0426. The van der Waals surface area contributed by atoms with Crippen molar-refractivity contribution in [3.63, 3.8) is 0 Å². The molecule has 1 aliphatic heterocycles. The molecule has 0 radical (unpaired) electrons. The van der Waals surface area contributed by atoms with E-state index >= 15 is 0 Å². The molecule has 1 unspecified atom stereocenters. The van der Waals surface area contributed by atoms with Crippen LogP contribution in [0.5, 0.6) is 0 Å². The van der Waals surface area contributed by atoms with Gasteiger partial charge in [0.05, 0.1) is 11.6 Å². The standard InChI is InChI=1S/C18H15F4NO/c19-15-8-6-12(7-9-15)16-5-2-10-23(16)17(24)13-3-1-4-14(11-13)18(20,21)22/h1,3-4,6-9,11,16H,2,5,10H2. The van der Waals surface area contributed by atoms with Gasteiger partial charge in [-0.2, -0.15) is 13.2 Å². The molecule has 2 nitrogen and oxygen atoms in total. The van der Waals surface area contributed by atoms with Crippen molar-refractivity contribution in [2.24, 2.45) is 0 Å². The van der Waals surface area contributed by atoms with Gasteiger partial charge in [0.15, 0.2) is 0 Å². The molecule has 0 saturated carbocycles. The van der Waals surface area contributed by atoms with E-state index in [0.717, 1.165) is 24.1 Å². The number of carbonyl (C=O) groups excluding carboxylic acids is 1. The summed E-state index contributed by atoms with van der Waals surface area (Å²) < 4.78 is 51.5. The highest BCUT2D eigenvalue weighted by molar-refractivity contribution is 5.94. The van der Waals surface area contributed by atoms with Crippen molar-refractivity contribution in [2.75, 3.05) is 6.54 Å². The number of amides is 1. The topological polar surface area (TPSA) is 20.3 Å². The molecule has 0 N–H and O–H groups in total. The number of likely N-dealkylation sites (tertiary alicyclic amines) is 1. The molecule has 1 fully saturated rings. The van der Waals surface area contributed by atoms with Gasteiger partial charge in [0.25, 0.3) is 5.91 Å². The summed E-state index contributed by atoms with van der Waals surface area (Å²) in [6.07, 6.45) is -3.03. The zero-order chi connectivity index (χ0) is 17.3. The Bertz CT molecular complexity index is 739. The second kappa shape index (κ2) is 6.26. The fourth-order valence-electron chi connectivity index (χ4n) is 3.04. The van der Waals surface area contributed by atoms with Crippen molar-refractivity contribution in [3.8, 4) is 0 Å². The van der Waals surface area contributed by atoms with E-state index in [-0.39, 0.29) is 17.4 Å². The number of hydrogen-bond donors (Lipinski definition) is 0. The van der Waals surface area contributed by atoms with Crippen LogP contribution in [-0.4, -0.2) is 17.4 Å². The minimum absolute atomic E-state index is 0.0128. The molecule has 1 aliphatic rings. The smallest absolute Gasteiger partial charge is 0.332 e. The molecule has 126 valence electrons. The van der Waals surface area contributed by atoms with Crippen LogP contribution >= 0.6 is 0 Å². The lowest BCUT2D eigenvalue weighted by Crippen LogP contribution is -2.30. The maximum atomic E-state index is 13.1. The van der Waals surface area contributed by atoms with E-state index in [1.807, 2.05) is 0 Å². The van der Waals surface area contributed by atoms with Crippen LogP contribution in [0.2, 0.25) is 0 Å². The first-order valence-electron chi connectivity index (χ1n) is 7.60. The minimum Gasteiger partial charge on any atom is -0.332 e. The monoisotopic (exact) mass is 337 g/mol. The van der Waals surface area contributed by atoms with Gasteiger partial charge < -0.3 is 4.90 Å². The van der Waals surface area contributed by atoms with Crippen LogP contribution in [0.15, 0.2) is 48.5 Å². The molecule has 1 atom stereocenters. The Labute approximate surface area is 136 Å². The van der Waals surface area contributed by atoms with Gasteiger partial charge in [-0.15, -0.1) is 0 Å². The Morgan fingerprint density at radius 1 is 1.08 bits per heavy atom. The second-order valence-corrected chi connectivity index (χ2v) is 5.79. The van der Waals surface area contributed by atoms with E-state index in [0.29, 0.717) is 13.0 Å². The third-order valence-corrected chi connectivity index (χ3v) is 4.21. The lowest BCUT2D eigenvalue weighted by Gasteiger charge is -2.25. The quantitative estimate of drug-likeness (QED) is 0.719. The molecule has 0 spiro atoms. The highest BCUT2D eigenvalue weighted by Crippen LogP contribution is 2.34. The zero-order valence-electron chi connectivity index (χ0n) is 12.7. The zero-order valence-corrected chi connectivity index (χ0v) is 12.7. The summed E-state index contributed by atoms with van der Waals surface area (Å²) >= 11 is 0. The largest absolute Gasteiger partial charge is 0.416 e. The van der Waals surface area contributed by atoms with E-state index in [4.69, 9.17) is 0 Å². The highest BCUT2D eigenvalue weighted by Gasteiger charge is 2.33. The van der Waals surface area contributed by atoms with E-state index in [2.05, 4.69) is 0 Å². The van der Waals surface area contributed by atoms with Gasteiger partial charge in [0, 0.05) is 12.1 Å². The number of nitrogens with zero attached hydrogens (tertiary/aromatic N) is 1. The lowest BCUT2D eigenvalue weighted by molar-refractivity contribution is -0.137. The van der Waals surface area contributed by atoms with Gasteiger partial charge in [0.1, 0.15) is 5.82 Å².